The second-order valence-corrected chi connectivity index (χ2v) is 5.21. The summed E-state index contributed by atoms with van der Waals surface area (Å²) < 4.78 is 1.61. The molecule has 2 heterocycles. The van der Waals surface area contributed by atoms with Crippen LogP contribution in [0.3, 0.4) is 0 Å². The van der Waals surface area contributed by atoms with Crippen LogP contribution in [0.4, 0.5) is 0 Å². The molecule has 0 radical (unpaired) electrons. The topological polar surface area (TPSA) is 78.6 Å². The molecule has 2 rings (SSSR count). The second-order valence-electron chi connectivity index (χ2n) is 5.21. The first-order chi connectivity index (χ1) is 8.39. The van der Waals surface area contributed by atoms with Crippen LogP contribution in [0.5, 0.6) is 0 Å². The van der Waals surface area contributed by atoms with Gasteiger partial charge in [-0.2, -0.15) is 5.10 Å². The number of carboxylic acids is 1. The fourth-order valence-corrected chi connectivity index (χ4v) is 2.23. The largest absolute Gasteiger partial charge is 0.478 e. The Balaban J connectivity index is 2.06. The normalized spacial score (nSPS) is 19.9. The Morgan fingerprint density at radius 3 is 2.67 bits per heavy atom. The molecule has 0 saturated carbocycles. The zero-order chi connectivity index (χ0) is 13.3. The van der Waals surface area contributed by atoms with Gasteiger partial charge in [0, 0.05) is 26.7 Å². The molecule has 6 heteroatoms. The highest BCUT2D eigenvalue weighted by Crippen LogP contribution is 2.23. The molecule has 0 unspecified atom stereocenters. The van der Waals surface area contributed by atoms with Crippen LogP contribution in [0.1, 0.15) is 35.8 Å². The number of nitrogens with zero attached hydrogens (tertiary/aromatic N) is 3. The molecule has 2 N–H and O–H groups in total. The summed E-state index contributed by atoms with van der Waals surface area (Å²) in [5.41, 5.74) is 0.386. The molecule has 1 aliphatic rings. The Hall–Kier alpha value is -1.40. The smallest absolute Gasteiger partial charge is 0.339 e. The van der Waals surface area contributed by atoms with E-state index in [9.17, 15) is 9.90 Å². The molecule has 0 spiro atoms. The van der Waals surface area contributed by atoms with Crippen molar-refractivity contribution < 1.29 is 15.0 Å². The fourth-order valence-electron chi connectivity index (χ4n) is 2.23. The van der Waals surface area contributed by atoms with Crippen LogP contribution in [0.25, 0.3) is 0 Å². The number of carbonyl (C=O) groups is 1. The minimum Gasteiger partial charge on any atom is -0.478 e. The maximum absolute atomic E-state index is 11.1. The van der Waals surface area contributed by atoms with E-state index >= 15 is 0 Å². The molecule has 0 aromatic carbocycles. The summed E-state index contributed by atoms with van der Waals surface area (Å²) in [6, 6.07) is 0. The van der Waals surface area contributed by atoms with Crippen molar-refractivity contribution in [2.75, 3.05) is 13.1 Å². The van der Waals surface area contributed by atoms with E-state index in [1.54, 1.807) is 11.7 Å². The number of aromatic carboxylic acids is 1. The highest BCUT2D eigenvalue weighted by molar-refractivity contribution is 5.88. The van der Waals surface area contributed by atoms with E-state index in [0.717, 1.165) is 13.1 Å². The summed E-state index contributed by atoms with van der Waals surface area (Å²) in [4.78, 5) is 13.2. The Labute approximate surface area is 106 Å². The van der Waals surface area contributed by atoms with E-state index in [1.807, 2.05) is 6.92 Å². The third-order valence-electron chi connectivity index (χ3n) is 3.60. The average Bonchev–Trinajstić information content (AvgIpc) is 2.64. The molecular formula is C12H19N3O3. The second kappa shape index (κ2) is 4.70. The van der Waals surface area contributed by atoms with Gasteiger partial charge in [0.15, 0.2) is 0 Å². The number of piperidine rings is 1. The monoisotopic (exact) mass is 253 g/mol. The van der Waals surface area contributed by atoms with Gasteiger partial charge in [-0.05, 0) is 19.8 Å². The molecule has 6 nitrogen and oxygen atoms in total. The minimum absolute atomic E-state index is 0.259. The number of hydrogen-bond acceptors (Lipinski definition) is 4. The maximum atomic E-state index is 11.1. The summed E-state index contributed by atoms with van der Waals surface area (Å²) in [6.07, 6.45) is 2.82. The first-order valence-corrected chi connectivity index (χ1v) is 6.08. The van der Waals surface area contributed by atoms with Crippen molar-refractivity contribution in [3.8, 4) is 0 Å². The molecule has 1 aromatic rings. The van der Waals surface area contributed by atoms with Crippen molar-refractivity contribution in [3.63, 3.8) is 0 Å². The highest BCUT2D eigenvalue weighted by atomic mass is 16.4. The van der Waals surface area contributed by atoms with Crippen molar-refractivity contribution in [2.24, 2.45) is 7.05 Å². The molecule has 0 bridgehead atoms. The molecule has 1 aromatic heterocycles. The van der Waals surface area contributed by atoms with Crippen LogP contribution in [-0.4, -0.2) is 49.6 Å². The molecule has 0 aliphatic carbocycles. The summed E-state index contributed by atoms with van der Waals surface area (Å²) in [5, 5.41) is 22.9. The van der Waals surface area contributed by atoms with Gasteiger partial charge < -0.3 is 10.2 Å². The van der Waals surface area contributed by atoms with Gasteiger partial charge in [0.2, 0.25) is 0 Å². The van der Waals surface area contributed by atoms with Gasteiger partial charge in [0.05, 0.1) is 17.5 Å². The van der Waals surface area contributed by atoms with Crippen LogP contribution in [0.2, 0.25) is 0 Å². The van der Waals surface area contributed by atoms with Gasteiger partial charge in [-0.3, -0.25) is 9.58 Å². The summed E-state index contributed by atoms with van der Waals surface area (Å²) in [7, 11) is 1.75. The standard InChI is InChI=1S/C12H19N3O3/c1-12(18)3-5-15(6-4-12)8-10-9(11(16)17)7-13-14(10)2/h7,18H,3-6,8H2,1-2H3,(H,16,17). The molecule has 0 atom stereocenters. The lowest BCUT2D eigenvalue weighted by atomic mass is 9.94. The van der Waals surface area contributed by atoms with Gasteiger partial charge in [0.1, 0.15) is 5.56 Å². The van der Waals surface area contributed by atoms with Crippen LogP contribution < -0.4 is 0 Å². The lowest BCUT2D eigenvalue weighted by Gasteiger charge is -2.35. The maximum Gasteiger partial charge on any atom is 0.339 e. The lowest BCUT2D eigenvalue weighted by Crippen LogP contribution is -2.42. The van der Waals surface area contributed by atoms with Crippen molar-refractivity contribution in [1.29, 1.82) is 0 Å². The number of likely N-dealkylation sites (tertiary alicyclic amines) is 1. The zero-order valence-corrected chi connectivity index (χ0v) is 10.8. The van der Waals surface area contributed by atoms with Gasteiger partial charge in [0.25, 0.3) is 0 Å². The zero-order valence-electron chi connectivity index (χ0n) is 10.8. The quantitative estimate of drug-likeness (QED) is 0.818. The molecular weight excluding hydrogens is 234 g/mol. The average molecular weight is 253 g/mol. The Kier molecular flexibility index (Phi) is 3.41. The number of aromatic nitrogens is 2. The third-order valence-corrected chi connectivity index (χ3v) is 3.60. The van der Waals surface area contributed by atoms with E-state index < -0.39 is 11.6 Å². The van der Waals surface area contributed by atoms with Crippen molar-refractivity contribution in [2.45, 2.75) is 31.9 Å². The van der Waals surface area contributed by atoms with Crippen LogP contribution in [0.15, 0.2) is 6.20 Å². The summed E-state index contributed by atoms with van der Waals surface area (Å²) >= 11 is 0. The van der Waals surface area contributed by atoms with E-state index in [-0.39, 0.29) is 5.56 Å². The number of hydrogen-bond donors (Lipinski definition) is 2. The van der Waals surface area contributed by atoms with Crippen molar-refractivity contribution in [3.05, 3.63) is 17.5 Å². The Morgan fingerprint density at radius 2 is 2.11 bits per heavy atom. The first-order valence-electron chi connectivity index (χ1n) is 6.08. The predicted octanol–water partition coefficient (Wildman–Crippen LogP) is 0.465. The Bertz CT molecular complexity index is 443. The SMILES string of the molecule is Cn1ncc(C(=O)O)c1CN1CCC(C)(O)CC1. The van der Waals surface area contributed by atoms with E-state index in [0.29, 0.717) is 25.1 Å². The lowest BCUT2D eigenvalue weighted by molar-refractivity contribution is -0.00791. The van der Waals surface area contributed by atoms with E-state index in [2.05, 4.69) is 10.00 Å². The van der Waals surface area contributed by atoms with Crippen molar-refractivity contribution in [1.82, 2.24) is 14.7 Å². The van der Waals surface area contributed by atoms with Crippen LogP contribution in [0, 0.1) is 0 Å². The van der Waals surface area contributed by atoms with Gasteiger partial charge in [-0.1, -0.05) is 0 Å². The highest BCUT2D eigenvalue weighted by Gasteiger charge is 2.28. The first kappa shape index (κ1) is 13.0. The van der Waals surface area contributed by atoms with Gasteiger partial charge in [-0.15, -0.1) is 0 Å². The Morgan fingerprint density at radius 1 is 1.50 bits per heavy atom. The number of carboxylic acid groups (broad SMARTS) is 1. The molecule has 1 saturated heterocycles. The van der Waals surface area contributed by atoms with E-state index in [4.69, 9.17) is 5.11 Å². The van der Waals surface area contributed by atoms with Crippen LogP contribution >= 0.6 is 0 Å². The number of aryl methyl sites for hydroxylation is 1. The van der Waals surface area contributed by atoms with Gasteiger partial charge >= 0.3 is 5.97 Å². The van der Waals surface area contributed by atoms with Gasteiger partial charge in [-0.25, -0.2) is 4.79 Å². The number of rotatable bonds is 3. The third kappa shape index (κ3) is 2.70. The molecule has 100 valence electrons. The summed E-state index contributed by atoms with van der Waals surface area (Å²) in [5.74, 6) is -0.942. The molecule has 18 heavy (non-hydrogen) atoms. The molecule has 0 amide bonds. The van der Waals surface area contributed by atoms with Crippen molar-refractivity contribution >= 4 is 5.97 Å². The summed E-state index contributed by atoms with van der Waals surface area (Å²) in [6.45, 7) is 3.96. The fraction of sp³-hybridized carbons (Fsp3) is 0.667. The minimum atomic E-state index is -0.942. The number of aliphatic hydroxyl groups is 1. The predicted molar refractivity (Wildman–Crippen MR) is 65.3 cm³/mol. The van der Waals surface area contributed by atoms with E-state index in [1.165, 1.54) is 6.20 Å². The van der Waals surface area contributed by atoms with Crippen LogP contribution in [-0.2, 0) is 13.6 Å². The molecule has 1 fully saturated rings. The molecule has 1 aliphatic heterocycles.